The number of amides is 1. The standard InChI is InChI=1S/C20H20N2O3Se/c1-13(23)21-18(20(24)25-2)12-16-15-10-6-7-11-17(15)22-19(16)26-14-8-4-3-5-9-14/h3-11,18,22H,12H2,1-2H3,(H,21,23)/t18-/m0/s1. The van der Waals surface area contributed by atoms with E-state index in [0.717, 1.165) is 21.1 Å². The average Bonchev–Trinajstić information content (AvgIpc) is 2.98. The molecule has 3 rings (SSSR count). The van der Waals surface area contributed by atoms with Crippen LogP contribution in [0.3, 0.4) is 0 Å². The number of carbonyl (C=O) groups excluding carboxylic acids is 2. The van der Waals surface area contributed by atoms with Gasteiger partial charge in [0.1, 0.15) is 0 Å². The first-order valence-electron chi connectivity index (χ1n) is 8.26. The molecule has 2 aromatic carbocycles. The second-order valence-electron chi connectivity index (χ2n) is 5.87. The van der Waals surface area contributed by atoms with Crippen molar-refractivity contribution in [2.45, 2.75) is 19.4 Å². The summed E-state index contributed by atoms with van der Waals surface area (Å²) in [5.41, 5.74) is 2.08. The number of methoxy groups -OCH3 is 1. The van der Waals surface area contributed by atoms with Crippen LogP contribution in [-0.2, 0) is 20.7 Å². The van der Waals surface area contributed by atoms with Gasteiger partial charge < -0.3 is 0 Å². The van der Waals surface area contributed by atoms with Gasteiger partial charge in [-0.1, -0.05) is 0 Å². The van der Waals surface area contributed by atoms with Gasteiger partial charge >= 0.3 is 158 Å². The van der Waals surface area contributed by atoms with Crippen molar-refractivity contribution in [2.75, 3.05) is 7.11 Å². The molecule has 0 saturated carbocycles. The topological polar surface area (TPSA) is 71.2 Å². The van der Waals surface area contributed by atoms with E-state index in [1.807, 2.05) is 42.5 Å². The molecule has 1 heterocycles. The number of aromatic nitrogens is 1. The van der Waals surface area contributed by atoms with Crippen molar-refractivity contribution in [1.82, 2.24) is 10.3 Å². The van der Waals surface area contributed by atoms with Gasteiger partial charge in [-0.25, -0.2) is 0 Å². The Morgan fingerprint density at radius 3 is 2.50 bits per heavy atom. The summed E-state index contributed by atoms with van der Waals surface area (Å²) in [6.07, 6.45) is 0.389. The van der Waals surface area contributed by atoms with E-state index < -0.39 is 12.0 Å². The van der Waals surface area contributed by atoms with Crippen molar-refractivity contribution >= 4 is 46.8 Å². The Labute approximate surface area is 158 Å². The second kappa shape index (κ2) is 8.21. The number of fused-ring (bicyclic) bond motifs is 1. The third-order valence-corrected chi connectivity index (χ3v) is 6.23. The first-order chi connectivity index (χ1) is 12.6. The monoisotopic (exact) mass is 416 g/mol. The first kappa shape index (κ1) is 18.2. The summed E-state index contributed by atoms with van der Waals surface area (Å²) in [6.45, 7) is 1.40. The maximum atomic E-state index is 12.1. The number of H-pyrrole nitrogens is 1. The molecule has 0 aliphatic rings. The third-order valence-electron chi connectivity index (χ3n) is 4.01. The summed E-state index contributed by atoms with van der Waals surface area (Å²) in [5.74, 6) is -0.695. The Morgan fingerprint density at radius 1 is 1.12 bits per heavy atom. The molecular weight excluding hydrogens is 395 g/mol. The fourth-order valence-electron chi connectivity index (χ4n) is 2.86. The number of nitrogens with one attached hydrogen (secondary N) is 2. The van der Waals surface area contributed by atoms with Crippen LogP contribution in [0.5, 0.6) is 0 Å². The van der Waals surface area contributed by atoms with Crippen LogP contribution in [0.4, 0.5) is 0 Å². The van der Waals surface area contributed by atoms with E-state index in [1.165, 1.54) is 18.5 Å². The molecule has 3 aromatic rings. The number of aromatic amines is 1. The predicted molar refractivity (Wildman–Crippen MR) is 103 cm³/mol. The van der Waals surface area contributed by atoms with E-state index in [0.29, 0.717) is 6.42 Å². The Morgan fingerprint density at radius 2 is 1.81 bits per heavy atom. The zero-order chi connectivity index (χ0) is 18.5. The number of hydrogen-bond donors (Lipinski definition) is 2. The third kappa shape index (κ3) is 4.15. The van der Waals surface area contributed by atoms with Crippen molar-refractivity contribution in [3.63, 3.8) is 0 Å². The number of para-hydroxylation sites is 1. The van der Waals surface area contributed by atoms with Crippen molar-refractivity contribution in [2.24, 2.45) is 0 Å². The van der Waals surface area contributed by atoms with Crippen LogP contribution in [0.1, 0.15) is 12.5 Å². The molecule has 6 heteroatoms. The Bertz CT molecular complexity index is 921. The molecule has 0 saturated heterocycles. The first-order valence-corrected chi connectivity index (χ1v) is 9.97. The van der Waals surface area contributed by atoms with Gasteiger partial charge in [0, 0.05) is 0 Å². The van der Waals surface area contributed by atoms with Crippen LogP contribution in [-0.4, -0.2) is 45.0 Å². The molecule has 1 atom stereocenters. The van der Waals surface area contributed by atoms with Crippen molar-refractivity contribution in [1.29, 1.82) is 0 Å². The molecule has 0 radical (unpaired) electrons. The van der Waals surface area contributed by atoms with Gasteiger partial charge in [-0.2, -0.15) is 0 Å². The molecule has 26 heavy (non-hydrogen) atoms. The van der Waals surface area contributed by atoms with Crippen LogP contribution < -0.4 is 14.4 Å². The molecule has 0 aliphatic carbocycles. The number of rotatable bonds is 6. The van der Waals surface area contributed by atoms with E-state index in [1.54, 1.807) is 0 Å². The van der Waals surface area contributed by atoms with Crippen LogP contribution >= 0.6 is 0 Å². The normalized spacial score (nSPS) is 11.9. The molecule has 0 fully saturated rings. The summed E-state index contributed by atoms with van der Waals surface area (Å²) < 4.78 is 7.21. The molecule has 0 spiro atoms. The average molecular weight is 415 g/mol. The molecule has 1 aromatic heterocycles. The summed E-state index contributed by atoms with van der Waals surface area (Å²) in [5, 5.41) is 3.77. The van der Waals surface area contributed by atoms with Crippen molar-refractivity contribution in [3.05, 3.63) is 60.2 Å². The quantitative estimate of drug-likeness (QED) is 0.467. The minimum absolute atomic E-state index is 0.0620. The number of esters is 1. The SMILES string of the molecule is COC(=O)[C@H](Cc1c([Se]c2ccccc2)[nH]c2ccccc12)NC(C)=O. The Hall–Kier alpha value is -2.56. The van der Waals surface area contributed by atoms with E-state index in [2.05, 4.69) is 22.4 Å². The Kier molecular flexibility index (Phi) is 5.76. The van der Waals surface area contributed by atoms with E-state index in [9.17, 15) is 9.59 Å². The molecular formula is C20H20N2O3Se. The predicted octanol–water partition coefficient (Wildman–Crippen LogP) is 1.04. The van der Waals surface area contributed by atoms with E-state index in [-0.39, 0.29) is 20.9 Å². The second-order valence-corrected chi connectivity index (χ2v) is 8.15. The molecule has 5 nitrogen and oxygen atoms in total. The molecule has 1 amide bonds. The van der Waals surface area contributed by atoms with Crippen LogP contribution in [0.15, 0.2) is 54.6 Å². The van der Waals surface area contributed by atoms with Crippen molar-refractivity contribution < 1.29 is 14.3 Å². The molecule has 0 aliphatic heterocycles. The van der Waals surface area contributed by atoms with Gasteiger partial charge in [0.05, 0.1) is 0 Å². The van der Waals surface area contributed by atoms with Gasteiger partial charge in [-0.3, -0.25) is 0 Å². The molecule has 2 N–H and O–H groups in total. The minimum atomic E-state index is -0.706. The number of carbonyl (C=O) groups is 2. The van der Waals surface area contributed by atoms with Crippen LogP contribution in [0.2, 0.25) is 0 Å². The van der Waals surface area contributed by atoms with Gasteiger partial charge in [-0.05, 0) is 0 Å². The summed E-state index contributed by atoms with van der Waals surface area (Å²) in [6, 6.07) is 17.5. The Balaban J connectivity index is 2.00. The maximum absolute atomic E-state index is 12.1. The fraction of sp³-hybridized carbons (Fsp3) is 0.200. The number of hydrogen-bond acceptors (Lipinski definition) is 3. The zero-order valence-electron chi connectivity index (χ0n) is 14.6. The summed E-state index contributed by atoms with van der Waals surface area (Å²) >= 11 is 0.0620. The van der Waals surface area contributed by atoms with Gasteiger partial charge in [0.25, 0.3) is 0 Å². The van der Waals surface area contributed by atoms with E-state index in [4.69, 9.17) is 4.74 Å². The van der Waals surface area contributed by atoms with Crippen molar-refractivity contribution in [3.8, 4) is 0 Å². The van der Waals surface area contributed by atoms with Gasteiger partial charge in [-0.15, -0.1) is 0 Å². The van der Waals surface area contributed by atoms with Gasteiger partial charge in [0.15, 0.2) is 0 Å². The zero-order valence-corrected chi connectivity index (χ0v) is 16.3. The molecule has 134 valence electrons. The summed E-state index contributed by atoms with van der Waals surface area (Å²) in [4.78, 5) is 27.1. The fourth-order valence-corrected chi connectivity index (χ4v) is 4.97. The van der Waals surface area contributed by atoms with Crippen LogP contribution in [0.25, 0.3) is 10.9 Å². The molecule has 0 unspecified atom stereocenters. The summed E-state index contributed by atoms with van der Waals surface area (Å²) in [7, 11) is 1.33. The van der Waals surface area contributed by atoms with Crippen LogP contribution in [0, 0.1) is 0 Å². The number of benzene rings is 2. The van der Waals surface area contributed by atoms with Gasteiger partial charge in [0.2, 0.25) is 0 Å². The molecule has 0 bridgehead atoms. The van der Waals surface area contributed by atoms with E-state index >= 15 is 0 Å². The number of ether oxygens (including phenoxy) is 1.